The number of nitrogens with zero attached hydrogens (tertiary/aromatic N) is 1. The number of hydrogen-bond acceptors (Lipinski definition) is 3. The highest BCUT2D eigenvalue weighted by molar-refractivity contribution is 5.78. The summed E-state index contributed by atoms with van der Waals surface area (Å²) in [5.41, 5.74) is -0.740. The Morgan fingerprint density at radius 2 is 1.77 bits per heavy atom. The number of carbonyl (C=O) groups is 1. The average Bonchev–Trinajstić information content (AvgIpc) is 2.43. The second-order valence-electron chi connectivity index (χ2n) is 5.58. The fraction of sp³-hybridized carbons (Fsp3) is 0.533. The van der Waals surface area contributed by atoms with Crippen LogP contribution in [-0.4, -0.2) is 42.6 Å². The molecule has 0 aliphatic carbocycles. The molecule has 1 aromatic rings. The molecule has 1 amide bonds. The van der Waals surface area contributed by atoms with Gasteiger partial charge in [0.15, 0.2) is 6.61 Å². The van der Waals surface area contributed by atoms with Crippen molar-refractivity contribution in [3.05, 3.63) is 29.8 Å². The maximum Gasteiger partial charge on any atom is 0.416 e. The number of rotatable bonds is 3. The standard InChI is InChI=1S/C15H19F3N2O2/c1-10-7-20(8-11(2)19-10)14(21)9-22-13-5-3-12(4-6-13)15(16,17)18/h3-6,10-11,19H,7-9H2,1-2H3/t10-,11-/m0/s1. The topological polar surface area (TPSA) is 41.6 Å². The lowest BCUT2D eigenvalue weighted by Crippen LogP contribution is -2.56. The first kappa shape index (κ1) is 16.6. The van der Waals surface area contributed by atoms with Crippen molar-refractivity contribution < 1.29 is 22.7 Å². The third-order valence-electron chi connectivity index (χ3n) is 3.45. The monoisotopic (exact) mass is 316 g/mol. The van der Waals surface area contributed by atoms with Crippen LogP contribution in [0.1, 0.15) is 19.4 Å². The summed E-state index contributed by atoms with van der Waals surface area (Å²) in [5.74, 6) is 0.0812. The molecule has 7 heteroatoms. The molecule has 0 saturated carbocycles. The summed E-state index contributed by atoms with van der Waals surface area (Å²) in [6.45, 7) is 5.00. The maximum atomic E-state index is 12.4. The molecule has 4 nitrogen and oxygen atoms in total. The van der Waals surface area contributed by atoms with Gasteiger partial charge in [-0.25, -0.2) is 0 Å². The zero-order chi connectivity index (χ0) is 16.3. The van der Waals surface area contributed by atoms with Crippen molar-refractivity contribution in [2.75, 3.05) is 19.7 Å². The number of amides is 1. The van der Waals surface area contributed by atoms with E-state index in [9.17, 15) is 18.0 Å². The van der Waals surface area contributed by atoms with Crippen molar-refractivity contribution >= 4 is 5.91 Å². The van der Waals surface area contributed by atoms with E-state index in [0.29, 0.717) is 13.1 Å². The minimum Gasteiger partial charge on any atom is -0.484 e. The summed E-state index contributed by atoms with van der Waals surface area (Å²) >= 11 is 0. The van der Waals surface area contributed by atoms with E-state index in [4.69, 9.17) is 4.74 Å². The highest BCUT2D eigenvalue weighted by atomic mass is 19.4. The van der Waals surface area contributed by atoms with Gasteiger partial charge in [0.1, 0.15) is 5.75 Å². The molecule has 122 valence electrons. The molecule has 0 aromatic heterocycles. The summed E-state index contributed by atoms with van der Waals surface area (Å²) in [4.78, 5) is 13.8. The predicted octanol–water partition coefficient (Wildman–Crippen LogP) is 2.29. The molecule has 1 aliphatic heterocycles. The molecule has 0 spiro atoms. The van der Waals surface area contributed by atoms with Gasteiger partial charge in [-0.3, -0.25) is 4.79 Å². The van der Waals surface area contributed by atoms with E-state index in [1.54, 1.807) is 4.90 Å². The van der Waals surface area contributed by atoms with E-state index in [0.717, 1.165) is 12.1 Å². The quantitative estimate of drug-likeness (QED) is 0.930. The predicted molar refractivity (Wildman–Crippen MR) is 75.6 cm³/mol. The SMILES string of the molecule is C[C@H]1CN(C(=O)COc2ccc(C(F)(F)F)cc2)C[C@H](C)N1. The van der Waals surface area contributed by atoms with Gasteiger partial charge in [0.05, 0.1) is 5.56 Å². The third-order valence-corrected chi connectivity index (χ3v) is 3.45. The second kappa shape index (κ2) is 6.56. The Morgan fingerprint density at radius 1 is 1.23 bits per heavy atom. The van der Waals surface area contributed by atoms with Gasteiger partial charge in [-0.2, -0.15) is 13.2 Å². The zero-order valence-corrected chi connectivity index (χ0v) is 12.5. The first-order valence-corrected chi connectivity index (χ1v) is 7.09. The molecule has 1 aromatic carbocycles. The molecule has 1 aliphatic rings. The van der Waals surface area contributed by atoms with Crippen LogP contribution in [0.5, 0.6) is 5.75 Å². The summed E-state index contributed by atoms with van der Waals surface area (Å²) in [7, 11) is 0. The Hall–Kier alpha value is -1.76. The Labute approximate surface area is 127 Å². The number of halogens is 3. The molecular formula is C15H19F3N2O2. The molecule has 2 atom stereocenters. The van der Waals surface area contributed by atoms with Gasteiger partial charge in [-0.1, -0.05) is 0 Å². The van der Waals surface area contributed by atoms with Gasteiger partial charge in [-0.05, 0) is 38.1 Å². The maximum absolute atomic E-state index is 12.4. The Bertz CT molecular complexity index is 507. The van der Waals surface area contributed by atoms with Gasteiger partial charge in [0.25, 0.3) is 5.91 Å². The lowest BCUT2D eigenvalue weighted by molar-refractivity contribution is -0.138. The number of nitrogens with one attached hydrogen (secondary N) is 1. The second-order valence-corrected chi connectivity index (χ2v) is 5.58. The van der Waals surface area contributed by atoms with Crippen molar-refractivity contribution in [3.8, 4) is 5.75 Å². The fourth-order valence-electron chi connectivity index (χ4n) is 2.51. The first-order chi connectivity index (χ1) is 10.3. The zero-order valence-electron chi connectivity index (χ0n) is 12.5. The van der Waals surface area contributed by atoms with Crippen molar-refractivity contribution in [2.45, 2.75) is 32.1 Å². The third kappa shape index (κ3) is 4.37. The molecule has 0 unspecified atom stereocenters. The summed E-state index contributed by atoms with van der Waals surface area (Å²) in [5, 5.41) is 3.32. The number of benzene rings is 1. The van der Waals surface area contributed by atoms with E-state index in [2.05, 4.69) is 5.32 Å². The van der Waals surface area contributed by atoms with Gasteiger partial charge in [-0.15, -0.1) is 0 Å². The molecule has 0 bridgehead atoms. The number of hydrogen-bond donors (Lipinski definition) is 1. The molecule has 1 fully saturated rings. The molecule has 22 heavy (non-hydrogen) atoms. The van der Waals surface area contributed by atoms with Crippen LogP contribution < -0.4 is 10.1 Å². The van der Waals surface area contributed by atoms with E-state index in [1.165, 1.54) is 12.1 Å². The van der Waals surface area contributed by atoms with Gasteiger partial charge in [0.2, 0.25) is 0 Å². The minimum atomic E-state index is -4.37. The molecule has 2 rings (SSSR count). The van der Waals surface area contributed by atoms with Gasteiger partial charge < -0.3 is 15.0 Å². The lowest BCUT2D eigenvalue weighted by atomic mass is 10.1. The van der Waals surface area contributed by atoms with Crippen LogP contribution >= 0.6 is 0 Å². The summed E-state index contributed by atoms with van der Waals surface area (Å²) in [6.07, 6.45) is -4.37. The van der Waals surface area contributed by atoms with Crippen molar-refractivity contribution in [2.24, 2.45) is 0 Å². The van der Waals surface area contributed by atoms with Gasteiger partial charge >= 0.3 is 6.18 Å². The minimum absolute atomic E-state index is 0.167. The summed E-state index contributed by atoms with van der Waals surface area (Å²) < 4.78 is 42.6. The van der Waals surface area contributed by atoms with Crippen LogP contribution in [-0.2, 0) is 11.0 Å². The normalized spacial score (nSPS) is 22.5. The molecule has 0 radical (unpaired) electrons. The van der Waals surface area contributed by atoms with Crippen LogP contribution in [0.3, 0.4) is 0 Å². The van der Waals surface area contributed by atoms with Crippen molar-refractivity contribution in [1.29, 1.82) is 0 Å². The fourth-order valence-corrected chi connectivity index (χ4v) is 2.51. The van der Waals surface area contributed by atoms with E-state index in [-0.39, 0.29) is 30.3 Å². The molecule has 1 saturated heterocycles. The Balaban J connectivity index is 1.88. The highest BCUT2D eigenvalue weighted by Crippen LogP contribution is 2.30. The Kier molecular flexibility index (Phi) is 4.95. The number of ether oxygens (including phenoxy) is 1. The highest BCUT2D eigenvalue weighted by Gasteiger charge is 2.30. The molecule has 1 N–H and O–H groups in total. The van der Waals surface area contributed by atoms with Crippen molar-refractivity contribution in [3.63, 3.8) is 0 Å². The van der Waals surface area contributed by atoms with Crippen LogP contribution in [0.4, 0.5) is 13.2 Å². The lowest BCUT2D eigenvalue weighted by Gasteiger charge is -2.36. The molecular weight excluding hydrogens is 297 g/mol. The van der Waals surface area contributed by atoms with Crippen molar-refractivity contribution in [1.82, 2.24) is 10.2 Å². The van der Waals surface area contributed by atoms with E-state index < -0.39 is 11.7 Å². The van der Waals surface area contributed by atoms with Crippen LogP contribution in [0.25, 0.3) is 0 Å². The Morgan fingerprint density at radius 3 is 2.27 bits per heavy atom. The smallest absolute Gasteiger partial charge is 0.416 e. The van der Waals surface area contributed by atoms with E-state index in [1.807, 2.05) is 13.8 Å². The number of alkyl halides is 3. The van der Waals surface area contributed by atoms with Crippen LogP contribution in [0.15, 0.2) is 24.3 Å². The largest absolute Gasteiger partial charge is 0.484 e. The number of carbonyl (C=O) groups excluding carboxylic acids is 1. The van der Waals surface area contributed by atoms with E-state index >= 15 is 0 Å². The van der Waals surface area contributed by atoms with Crippen LogP contribution in [0, 0.1) is 0 Å². The first-order valence-electron chi connectivity index (χ1n) is 7.09. The van der Waals surface area contributed by atoms with Crippen LogP contribution in [0.2, 0.25) is 0 Å². The average molecular weight is 316 g/mol. The summed E-state index contributed by atoms with van der Waals surface area (Å²) in [6, 6.07) is 4.74. The van der Waals surface area contributed by atoms with Gasteiger partial charge in [0, 0.05) is 25.2 Å². The molecule has 1 heterocycles. The number of piperazine rings is 1.